The maximum atomic E-state index is 15.2. The summed E-state index contributed by atoms with van der Waals surface area (Å²) in [6.07, 6.45) is -2.56. The van der Waals surface area contributed by atoms with Gasteiger partial charge in [0.25, 0.3) is 0 Å². The summed E-state index contributed by atoms with van der Waals surface area (Å²) in [5.74, 6) is -1.05. The van der Waals surface area contributed by atoms with E-state index in [1.807, 2.05) is 44.2 Å². The number of aliphatic hydroxyl groups excluding tert-OH is 1. The average molecular weight is 485 g/mol. The molecule has 6 atom stereocenters. The molecule has 1 aromatic carbocycles. The molecule has 0 aliphatic carbocycles. The molecule has 11 heteroatoms. The van der Waals surface area contributed by atoms with Gasteiger partial charge in [-0.3, -0.25) is 28.1 Å². The lowest BCUT2D eigenvalue weighted by atomic mass is 9.97. The van der Waals surface area contributed by atoms with Crippen LogP contribution in [0.2, 0.25) is 0 Å². The third-order valence-corrected chi connectivity index (χ3v) is 6.93. The van der Waals surface area contributed by atoms with Gasteiger partial charge in [-0.2, -0.15) is 0 Å². The number of ether oxygens (including phenoxy) is 1. The zero-order valence-corrected chi connectivity index (χ0v) is 19.7. The van der Waals surface area contributed by atoms with Crippen LogP contribution in [0.1, 0.15) is 45.3 Å². The fourth-order valence-corrected chi connectivity index (χ4v) is 5.14. The number of ketones is 1. The zero-order valence-electron chi connectivity index (χ0n) is 18.8. The Hall–Kier alpha value is -1.94. The van der Waals surface area contributed by atoms with Crippen molar-refractivity contribution in [3.63, 3.8) is 0 Å². The number of aliphatic hydroxyl groups is 1. The maximum absolute atomic E-state index is 15.2. The number of phosphoric ester groups is 1. The van der Waals surface area contributed by atoms with Gasteiger partial charge in [0, 0.05) is 12.6 Å². The molecule has 0 radical (unpaired) electrons. The van der Waals surface area contributed by atoms with E-state index in [2.05, 4.69) is 0 Å². The molecule has 0 saturated carbocycles. The molecule has 4 rings (SSSR count). The predicted octanol–water partition coefficient (Wildman–Crippen LogP) is 3.44. The van der Waals surface area contributed by atoms with Gasteiger partial charge in [-0.05, 0) is 18.6 Å². The largest absolute Gasteiger partial charge is 0.475 e. The van der Waals surface area contributed by atoms with Gasteiger partial charge in [-0.1, -0.05) is 44.2 Å². The lowest BCUT2D eigenvalue weighted by Gasteiger charge is -2.32. The van der Waals surface area contributed by atoms with Crippen molar-refractivity contribution >= 4 is 19.5 Å². The molecule has 182 valence electrons. The highest BCUT2D eigenvalue weighted by Crippen LogP contribution is 2.57. The van der Waals surface area contributed by atoms with Gasteiger partial charge in [0.2, 0.25) is 5.91 Å². The number of halogens is 1. The smallest absolute Gasteiger partial charge is 0.387 e. The molecule has 3 heterocycles. The first-order valence-electron chi connectivity index (χ1n) is 10.9. The molecule has 1 aromatic rings. The van der Waals surface area contributed by atoms with Crippen molar-refractivity contribution in [3.8, 4) is 0 Å². The number of hydrogen-bond acceptors (Lipinski definition) is 8. The Morgan fingerprint density at radius 3 is 2.64 bits per heavy atom. The van der Waals surface area contributed by atoms with Crippen LogP contribution in [0.4, 0.5) is 4.39 Å². The molecule has 2 fully saturated rings. The van der Waals surface area contributed by atoms with Gasteiger partial charge in [0.1, 0.15) is 12.2 Å². The number of hydrogen-bond donors (Lipinski definition) is 1. The molecule has 0 spiro atoms. The van der Waals surface area contributed by atoms with Crippen molar-refractivity contribution in [2.24, 2.45) is 0 Å². The summed E-state index contributed by atoms with van der Waals surface area (Å²) in [5, 5.41) is 10.4. The molecule has 2 unspecified atom stereocenters. The van der Waals surface area contributed by atoms with Crippen LogP contribution in [0, 0.1) is 0 Å². The predicted molar refractivity (Wildman–Crippen MR) is 116 cm³/mol. The van der Waals surface area contributed by atoms with Crippen LogP contribution in [-0.2, 0) is 32.5 Å². The molecule has 9 nitrogen and oxygen atoms in total. The summed E-state index contributed by atoms with van der Waals surface area (Å²) in [5.41, 5.74) is -1.54. The third kappa shape index (κ3) is 5.59. The van der Waals surface area contributed by atoms with Crippen LogP contribution in [0.15, 0.2) is 42.6 Å². The monoisotopic (exact) mass is 485 g/mol. The van der Waals surface area contributed by atoms with E-state index in [1.54, 1.807) is 0 Å². The lowest BCUT2D eigenvalue weighted by Crippen LogP contribution is -2.51. The van der Waals surface area contributed by atoms with E-state index in [9.17, 15) is 19.3 Å². The minimum Gasteiger partial charge on any atom is -0.387 e. The van der Waals surface area contributed by atoms with Gasteiger partial charge in [0.05, 0.1) is 25.7 Å². The molecular weight excluding hydrogens is 456 g/mol. The van der Waals surface area contributed by atoms with Gasteiger partial charge < -0.3 is 9.84 Å². The minimum atomic E-state index is -3.98. The number of carbonyl (C=O) groups is 2. The molecule has 1 N–H and O–H groups in total. The van der Waals surface area contributed by atoms with Crippen molar-refractivity contribution in [2.45, 2.75) is 63.8 Å². The second-order valence-electron chi connectivity index (χ2n) is 7.75. The number of alkyl halides is 1. The highest BCUT2D eigenvalue weighted by Gasteiger charge is 2.57. The van der Waals surface area contributed by atoms with Crippen LogP contribution >= 0.6 is 7.82 Å². The fourth-order valence-electron chi connectivity index (χ4n) is 3.74. The van der Waals surface area contributed by atoms with E-state index < -0.39 is 62.7 Å². The first-order valence-corrected chi connectivity index (χ1v) is 12.3. The summed E-state index contributed by atoms with van der Waals surface area (Å²) in [7, 11) is -3.98. The average Bonchev–Trinajstić information content (AvgIpc) is 3.03. The summed E-state index contributed by atoms with van der Waals surface area (Å²) in [4.78, 5) is 24.4. The maximum Gasteiger partial charge on any atom is 0.475 e. The normalized spacial score (nSPS) is 36.5. The van der Waals surface area contributed by atoms with Gasteiger partial charge >= 0.3 is 7.82 Å². The van der Waals surface area contributed by atoms with E-state index in [0.29, 0.717) is 6.42 Å². The summed E-state index contributed by atoms with van der Waals surface area (Å²) < 4.78 is 49.8. The van der Waals surface area contributed by atoms with E-state index in [4.69, 9.17) is 18.3 Å². The Kier molecular flexibility index (Phi) is 8.21. The second kappa shape index (κ2) is 10.5. The Morgan fingerprint density at radius 2 is 1.97 bits per heavy atom. The molecule has 1 amide bonds. The van der Waals surface area contributed by atoms with E-state index >= 15 is 4.39 Å². The van der Waals surface area contributed by atoms with Crippen LogP contribution in [0.5, 0.6) is 0 Å². The van der Waals surface area contributed by atoms with Crippen molar-refractivity contribution < 1.29 is 42.0 Å². The summed E-state index contributed by atoms with van der Waals surface area (Å²) >= 11 is 0. The number of amides is 1. The Balaban J connectivity index is 0.00000149. The SMILES string of the molecule is CC.C[C@@]1(F)[C@H](O)[C@@H](COP2(=O)OCCC(c3ccccc3)O2)O[C@H]1N1C=CC(=O)CC1=O. The van der Waals surface area contributed by atoms with E-state index in [1.165, 1.54) is 0 Å². The quantitative estimate of drug-likeness (QED) is 0.499. The number of carbonyl (C=O) groups excluding carboxylic acids is 2. The van der Waals surface area contributed by atoms with Gasteiger partial charge in [-0.15, -0.1) is 0 Å². The lowest BCUT2D eigenvalue weighted by molar-refractivity contribution is -0.151. The topological polar surface area (TPSA) is 112 Å². The minimum absolute atomic E-state index is 0.134. The first kappa shape index (κ1) is 25.7. The van der Waals surface area contributed by atoms with Crippen LogP contribution < -0.4 is 0 Å². The molecule has 0 aromatic heterocycles. The van der Waals surface area contributed by atoms with Crippen molar-refractivity contribution in [1.29, 1.82) is 0 Å². The Bertz CT molecular complexity index is 924. The Labute approximate surface area is 192 Å². The summed E-state index contributed by atoms with van der Waals surface area (Å²) in [6, 6.07) is 9.16. The molecular formula is C22H29FNO8P. The molecule has 2 saturated heterocycles. The number of allylic oxidation sites excluding steroid dienone is 1. The number of benzene rings is 1. The third-order valence-electron chi connectivity index (χ3n) is 5.46. The van der Waals surface area contributed by atoms with Crippen LogP contribution in [-0.4, -0.2) is 59.0 Å². The molecule has 3 aliphatic heterocycles. The zero-order chi connectivity index (χ0) is 24.2. The number of phosphoric acid groups is 1. The van der Waals surface area contributed by atoms with Crippen molar-refractivity contribution in [1.82, 2.24) is 4.90 Å². The number of nitrogens with zero attached hydrogens (tertiary/aromatic N) is 1. The second-order valence-corrected chi connectivity index (χ2v) is 9.37. The standard InChI is InChI=1S/C20H23FNO8P.C2H6/c1-20(21)18(25)16(29-19(20)22-9-7-14(23)11-17(22)24)12-28-31(26)27-10-8-15(30-31)13-5-3-2-4-6-13;1-2/h2-7,9,15-16,18-19,25H,8,10-12H2,1H3;1-2H3/t15?,16-,18-,19-,20-,31?;/m1./s1. The first-order chi connectivity index (χ1) is 15.7. The van der Waals surface area contributed by atoms with E-state index in [-0.39, 0.29) is 6.61 Å². The number of rotatable bonds is 5. The van der Waals surface area contributed by atoms with Crippen LogP contribution in [0.3, 0.4) is 0 Å². The highest BCUT2D eigenvalue weighted by molar-refractivity contribution is 7.48. The van der Waals surface area contributed by atoms with Crippen LogP contribution in [0.25, 0.3) is 0 Å². The van der Waals surface area contributed by atoms with Crippen molar-refractivity contribution in [3.05, 3.63) is 48.2 Å². The van der Waals surface area contributed by atoms with Gasteiger partial charge in [0.15, 0.2) is 17.7 Å². The molecule has 33 heavy (non-hydrogen) atoms. The van der Waals surface area contributed by atoms with Gasteiger partial charge in [-0.25, -0.2) is 8.96 Å². The Morgan fingerprint density at radius 1 is 1.27 bits per heavy atom. The summed E-state index contributed by atoms with van der Waals surface area (Å²) in [6.45, 7) is 4.73. The fraction of sp³-hybridized carbons (Fsp3) is 0.545. The molecule has 3 aliphatic rings. The molecule has 0 bridgehead atoms. The van der Waals surface area contributed by atoms with E-state index in [0.717, 1.165) is 29.7 Å². The highest BCUT2D eigenvalue weighted by atomic mass is 31.2. The van der Waals surface area contributed by atoms with Crippen molar-refractivity contribution in [2.75, 3.05) is 13.2 Å².